The van der Waals surface area contributed by atoms with E-state index >= 15 is 0 Å². The molecule has 0 fully saturated rings. The van der Waals surface area contributed by atoms with E-state index in [0.717, 1.165) is 16.7 Å². The van der Waals surface area contributed by atoms with E-state index in [1.165, 1.54) is 0 Å². The fourth-order valence-electron chi connectivity index (χ4n) is 1.49. The first-order chi connectivity index (χ1) is 6.59. The summed E-state index contributed by atoms with van der Waals surface area (Å²) in [6.07, 6.45) is 3.33. The molecule has 2 aromatic heterocycles. The minimum absolute atomic E-state index is 0.0320. The van der Waals surface area contributed by atoms with Gasteiger partial charge in [0.2, 0.25) is 0 Å². The Kier molecular flexibility index (Phi) is 1.95. The van der Waals surface area contributed by atoms with Gasteiger partial charge in [0.05, 0.1) is 5.69 Å². The van der Waals surface area contributed by atoms with Crippen molar-refractivity contribution < 1.29 is 0 Å². The Morgan fingerprint density at radius 2 is 1.86 bits per heavy atom. The molecule has 0 aliphatic carbocycles. The second-order valence-electron chi connectivity index (χ2n) is 4.35. The molecular weight excluding hydrogens is 174 g/mol. The van der Waals surface area contributed by atoms with Gasteiger partial charge in [-0.05, 0) is 12.1 Å². The molecule has 0 N–H and O–H groups in total. The Balaban J connectivity index is 2.78. The van der Waals surface area contributed by atoms with E-state index in [-0.39, 0.29) is 5.41 Å². The molecule has 0 atom stereocenters. The molecule has 3 heteroatoms. The highest BCUT2D eigenvalue weighted by Gasteiger charge is 2.18. The predicted octanol–water partition coefficient (Wildman–Crippen LogP) is 2.32. The van der Waals surface area contributed by atoms with Crippen LogP contribution in [0.15, 0.2) is 24.7 Å². The summed E-state index contributed by atoms with van der Waals surface area (Å²) in [6.45, 7) is 6.42. The van der Waals surface area contributed by atoms with Gasteiger partial charge in [0.25, 0.3) is 0 Å². The third kappa shape index (κ3) is 1.45. The third-order valence-corrected chi connectivity index (χ3v) is 2.12. The molecule has 2 aromatic rings. The molecule has 0 bridgehead atoms. The SMILES string of the molecule is CC(C)(C)c1ncnc2ncccc12. The Hall–Kier alpha value is -1.51. The summed E-state index contributed by atoms with van der Waals surface area (Å²) in [6, 6.07) is 3.93. The molecule has 14 heavy (non-hydrogen) atoms. The van der Waals surface area contributed by atoms with Crippen LogP contribution in [0.4, 0.5) is 0 Å². The number of fused-ring (bicyclic) bond motifs is 1. The average molecular weight is 187 g/mol. The molecule has 0 saturated carbocycles. The maximum absolute atomic E-state index is 4.33. The van der Waals surface area contributed by atoms with Crippen LogP contribution in [0.25, 0.3) is 11.0 Å². The second-order valence-corrected chi connectivity index (χ2v) is 4.35. The lowest BCUT2D eigenvalue weighted by molar-refractivity contribution is 0.574. The van der Waals surface area contributed by atoms with Gasteiger partial charge in [-0.25, -0.2) is 15.0 Å². The molecule has 0 unspecified atom stereocenters. The minimum atomic E-state index is 0.0320. The lowest BCUT2D eigenvalue weighted by Crippen LogP contribution is -2.14. The van der Waals surface area contributed by atoms with E-state index in [1.54, 1.807) is 12.5 Å². The molecule has 2 heterocycles. The van der Waals surface area contributed by atoms with Gasteiger partial charge < -0.3 is 0 Å². The summed E-state index contributed by atoms with van der Waals surface area (Å²) < 4.78 is 0. The molecule has 2 rings (SSSR count). The Labute approximate surface area is 83.2 Å². The first kappa shape index (κ1) is 9.06. The lowest BCUT2D eigenvalue weighted by Gasteiger charge is -2.18. The van der Waals surface area contributed by atoms with Crippen molar-refractivity contribution in [1.82, 2.24) is 15.0 Å². The largest absolute Gasteiger partial charge is 0.240 e. The quantitative estimate of drug-likeness (QED) is 0.635. The number of rotatable bonds is 0. The van der Waals surface area contributed by atoms with Crippen molar-refractivity contribution in [2.75, 3.05) is 0 Å². The van der Waals surface area contributed by atoms with E-state index in [2.05, 4.69) is 35.7 Å². The van der Waals surface area contributed by atoms with Crippen molar-refractivity contribution in [3.63, 3.8) is 0 Å². The summed E-state index contributed by atoms with van der Waals surface area (Å²) in [4.78, 5) is 12.7. The number of pyridine rings is 1. The van der Waals surface area contributed by atoms with Gasteiger partial charge in [0, 0.05) is 17.0 Å². The highest BCUT2D eigenvalue weighted by Crippen LogP contribution is 2.25. The summed E-state index contributed by atoms with van der Waals surface area (Å²) in [7, 11) is 0. The molecule has 0 aromatic carbocycles. The van der Waals surface area contributed by atoms with Gasteiger partial charge in [-0.15, -0.1) is 0 Å². The van der Waals surface area contributed by atoms with Crippen LogP contribution in [0, 0.1) is 0 Å². The van der Waals surface area contributed by atoms with Crippen molar-refractivity contribution >= 4 is 11.0 Å². The van der Waals surface area contributed by atoms with Gasteiger partial charge in [-0.2, -0.15) is 0 Å². The number of nitrogens with zero attached hydrogens (tertiary/aromatic N) is 3. The molecule has 0 aliphatic heterocycles. The average Bonchev–Trinajstić information content (AvgIpc) is 2.15. The van der Waals surface area contributed by atoms with Crippen LogP contribution in [0.2, 0.25) is 0 Å². The minimum Gasteiger partial charge on any atom is -0.240 e. The van der Waals surface area contributed by atoms with E-state index in [9.17, 15) is 0 Å². The molecule has 0 radical (unpaired) electrons. The molecule has 0 aliphatic rings. The zero-order chi connectivity index (χ0) is 10.2. The van der Waals surface area contributed by atoms with Gasteiger partial charge in [0.1, 0.15) is 6.33 Å². The van der Waals surface area contributed by atoms with E-state index < -0.39 is 0 Å². The van der Waals surface area contributed by atoms with Crippen molar-refractivity contribution in [2.24, 2.45) is 0 Å². The van der Waals surface area contributed by atoms with E-state index in [0.29, 0.717) is 0 Å². The topological polar surface area (TPSA) is 38.7 Å². The van der Waals surface area contributed by atoms with E-state index in [4.69, 9.17) is 0 Å². The molecule has 0 spiro atoms. The monoisotopic (exact) mass is 187 g/mol. The van der Waals surface area contributed by atoms with Gasteiger partial charge in [-0.1, -0.05) is 20.8 Å². The maximum atomic E-state index is 4.33. The van der Waals surface area contributed by atoms with Crippen LogP contribution in [-0.4, -0.2) is 15.0 Å². The zero-order valence-corrected chi connectivity index (χ0v) is 8.65. The van der Waals surface area contributed by atoms with Crippen LogP contribution in [0.5, 0.6) is 0 Å². The Bertz CT molecular complexity index is 452. The van der Waals surface area contributed by atoms with Gasteiger partial charge >= 0.3 is 0 Å². The molecule has 3 nitrogen and oxygen atoms in total. The van der Waals surface area contributed by atoms with Crippen molar-refractivity contribution in [3.8, 4) is 0 Å². The zero-order valence-electron chi connectivity index (χ0n) is 8.65. The third-order valence-electron chi connectivity index (χ3n) is 2.12. The standard InChI is InChI=1S/C11H13N3/c1-11(2,3)9-8-5-4-6-12-10(8)14-7-13-9/h4-7H,1-3H3. The lowest BCUT2D eigenvalue weighted by atomic mass is 9.90. The summed E-state index contributed by atoms with van der Waals surface area (Å²) in [5.74, 6) is 0. The van der Waals surface area contributed by atoms with Crippen molar-refractivity contribution in [1.29, 1.82) is 0 Å². The van der Waals surface area contributed by atoms with Crippen molar-refractivity contribution in [3.05, 3.63) is 30.4 Å². The molecule has 72 valence electrons. The van der Waals surface area contributed by atoms with Gasteiger partial charge in [0.15, 0.2) is 5.65 Å². The maximum Gasteiger partial charge on any atom is 0.162 e. The van der Waals surface area contributed by atoms with Gasteiger partial charge in [-0.3, -0.25) is 0 Å². The number of aromatic nitrogens is 3. The summed E-state index contributed by atoms with van der Waals surface area (Å²) in [5, 5.41) is 1.04. The van der Waals surface area contributed by atoms with Crippen LogP contribution >= 0.6 is 0 Å². The number of hydrogen-bond acceptors (Lipinski definition) is 3. The molecule has 0 amide bonds. The van der Waals surface area contributed by atoms with Crippen LogP contribution in [0.1, 0.15) is 26.5 Å². The summed E-state index contributed by atoms with van der Waals surface area (Å²) in [5.41, 5.74) is 1.85. The first-order valence-corrected chi connectivity index (χ1v) is 4.65. The predicted molar refractivity (Wildman–Crippen MR) is 56.0 cm³/mol. The van der Waals surface area contributed by atoms with Crippen LogP contribution < -0.4 is 0 Å². The molecular formula is C11H13N3. The highest BCUT2D eigenvalue weighted by atomic mass is 14.9. The fourth-order valence-corrected chi connectivity index (χ4v) is 1.49. The van der Waals surface area contributed by atoms with Crippen molar-refractivity contribution in [2.45, 2.75) is 26.2 Å². The van der Waals surface area contributed by atoms with Crippen LogP contribution in [0.3, 0.4) is 0 Å². The van der Waals surface area contributed by atoms with Crippen LogP contribution in [-0.2, 0) is 5.41 Å². The summed E-state index contributed by atoms with van der Waals surface area (Å²) >= 11 is 0. The van der Waals surface area contributed by atoms with E-state index in [1.807, 2.05) is 12.1 Å². The highest BCUT2D eigenvalue weighted by molar-refractivity contribution is 5.77. The molecule has 0 saturated heterocycles. The Morgan fingerprint density at radius 3 is 2.57 bits per heavy atom. The normalized spacial score (nSPS) is 11.9. The smallest absolute Gasteiger partial charge is 0.162 e. The first-order valence-electron chi connectivity index (χ1n) is 4.65. The Morgan fingerprint density at radius 1 is 1.07 bits per heavy atom. The second kappa shape index (κ2) is 3.01. The number of hydrogen-bond donors (Lipinski definition) is 0. The fraction of sp³-hybridized carbons (Fsp3) is 0.364.